The van der Waals surface area contributed by atoms with E-state index in [9.17, 15) is 9.18 Å². The Hall–Kier alpha value is -3.22. The van der Waals surface area contributed by atoms with Crippen LogP contribution in [0.2, 0.25) is 0 Å². The number of halogens is 1. The van der Waals surface area contributed by atoms with Crippen molar-refractivity contribution in [3.8, 4) is 11.3 Å². The van der Waals surface area contributed by atoms with E-state index in [-0.39, 0.29) is 17.8 Å². The van der Waals surface area contributed by atoms with Gasteiger partial charge in [-0.2, -0.15) is 5.10 Å². The number of H-pyrrole nitrogens is 1. The molecule has 6 nitrogen and oxygen atoms in total. The lowest BCUT2D eigenvalue weighted by molar-refractivity contribution is 0.0932. The molecule has 1 aliphatic heterocycles. The fourth-order valence-electron chi connectivity index (χ4n) is 3.32. The molecule has 7 heteroatoms. The van der Waals surface area contributed by atoms with Gasteiger partial charge in [0.25, 0.3) is 5.91 Å². The van der Waals surface area contributed by atoms with Crippen molar-refractivity contribution in [3.63, 3.8) is 0 Å². The van der Waals surface area contributed by atoms with E-state index < -0.39 is 0 Å². The molecule has 4 rings (SSSR count). The molecule has 3 heterocycles. The Balaban J connectivity index is 1.42. The fraction of sp³-hybridized carbons (Fsp3) is 0.250. The van der Waals surface area contributed by atoms with Crippen LogP contribution in [0.25, 0.3) is 11.3 Å². The Morgan fingerprint density at radius 1 is 1.26 bits per heavy atom. The number of nitrogens with one attached hydrogen (secondary N) is 2. The monoisotopic (exact) mass is 365 g/mol. The summed E-state index contributed by atoms with van der Waals surface area (Å²) in [6, 6.07) is 11.8. The van der Waals surface area contributed by atoms with Gasteiger partial charge in [0, 0.05) is 37.6 Å². The van der Waals surface area contributed by atoms with Gasteiger partial charge >= 0.3 is 0 Å². The highest BCUT2D eigenvalue weighted by Crippen LogP contribution is 2.24. The van der Waals surface area contributed by atoms with E-state index in [1.54, 1.807) is 36.7 Å². The Morgan fingerprint density at radius 2 is 2.11 bits per heavy atom. The van der Waals surface area contributed by atoms with Gasteiger partial charge < -0.3 is 10.2 Å². The molecule has 0 radical (unpaired) electrons. The van der Waals surface area contributed by atoms with Crippen LogP contribution < -0.4 is 10.2 Å². The minimum atomic E-state index is -0.262. The van der Waals surface area contributed by atoms with Gasteiger partial charge in [-0.05, 0) is 54.8 Å². The second kappa shape index (κ2) is 7.57. The number of carbonyl (C=O) groups excluding carboxylic acids is 1. The highest BCUT2D eigenvalue weighted by atomic mass is 19.1. The summed E-state index contributed by atoms with van der Waals surface area (Å²) in [5.74, 6) is 0.459. The number of nitrogens with zero attached hydrogens (tertiary/aromatic N) is 3. The molecule has 1 atom stereocenters. The van der Waals surface area contributed by atoms with Crippen LogP contribution in [0.4, 0.5) is 10.2 Å². The van der Waals surface area contributed by atoms with Crippen LogP contribution in [0, 0.1) is 5.82 Å². The Labute approximate surface area is 156 Å². The molecule has 138 valence electrons. The fourth-order valence-corrected chi connectivity index (χ4v) is 3.32. The molecule has 3 aromatic rings. The van der Waals surface area contributed by atoms with E-state index in [2.05, 4.69) is 25.4 Å². The molecular weight excluding hydrogens is 345 g/mol. The number of hydrogen-bond donors (Lipinski definition) is 2. The summed E-state index contributed by atoms with van der Waals surface area (Å²) in [5.41, 5.74) is 2.29. The van der Waals surface area contributed by atoms with Gasteiger partial charge in [0.2, 0.25) is 0 Å². The Bertz CT molecular complexity index is 910. The summed E-state index contributed by atoms with van der Waals surface area (Å²) in [6.07, 6.45) is 5.11. The molecule has 1 aliphatic rings. The number of aromatic amines is 1. The first-order chi connectivity index (χ1) is 13.2. The van der Waals surface area contributed by atoms with E-state index in [0.29, 0.717) is 12.1 Å². The number of amides is 1. The average Bonchev–Trinajstić information content (AvgIpc) is 3.20. The van der Waals surface area contributed by atoms with E-state index >= 15 is 0 Å². The molecular formula is C20H20FN5O. The summed E-state index contributed by atoms with van der Waals surface area (Å²) >= 11 is 0. The maximum absolute atomic E-state index is 13.1. The third-order valence-electron chi connectivity index (χ3n) is 4.72. The maximum atomic E-state index is 13.1. The van der Waals surface area contributed by atoms with Crippen LogP contribution in [-0.4, -0.2) is 40.2 Å². The number of rotatable bonds is 4. The zero-order valence-corrected chi connectivity index (χ0v) is 14.7. The molecule has 1 aromatic carbocycles. The number of pyridine rings is 1. The lowest BCUT2D eigenvalue weighted by Gasteiger charge is -2.33. The number of piperidine rings is 1. The second-order valence-corrected chi connectivity index (χ2v) is 6.65. The highest BCUT2D eigenvalue weighted by Gasteiger charge is 2.23. The molecule has 27 heavy (non-hydrogen) atoms. The molecule has 2 N–H and O–H groups in total. The van der Waals surface area contributed by atoms with Gasteiger partial charge in [-0.1, -0.05) is 0 Å². The first-order valence-corrected chi connectivity index (χ1v) is 8.96. The molecule has 0 bridgehead atoms. The van der Waals surface area contributed by atoms with E-state index in [1.807, 2.05) is 6.07 Å². The van der Waals surface area contributed by atoms with E-state index in [0.717, 1.165) is 36.5 Å². The molecule has 2 aromatic heterocycles. The standard InChI is InChI=1S/C20H20FN5O/c21-16-7-5-14(6-8-16)18-11-19(25-24-18)26-10-2-4-17(13-26)23-20(27)15-3-1-9-22-12-15/h1,3,5-9,11-12,17H,2,4,10,13H2,(H,23,27)(H,24,25). The first-order valence-electron chi connectivity index (χ1n) is 8.96. The molecule has 0 aliphatic carbocycles. The predicted molar refractivity (Wildman–Crippen MR) is 101 cm³/mol. The van der Waals surface area contributed by atoms with Gasteiger partial charge in [-0.25, -0.2) is 4.39 Å². The first kappa shape index (κ1) is 17.2. The minimum absolute atomic E-state index is 0.0532. The van der Waals surface area contributed by atoms with Gasteiger partial charge in [0.1, 0.15) is 5.82 Å². The smallest absolute Gasteiger partial charge is 0.253 e. The van der Waals surface area contributed by atoms with Crippen molar-refractivity contribution in [1.82, 2.24) is 20.5 Å². The van der Waals surface area contributed by atoms with Gasteiger partial charge in [-0.15, -0.1) is 0 Å². The Kier molecular flexibility index (Phi) is 4.82. The lowest BCUT2D eigenvalue weighted by atomic mass is 10.0. The second-order valence-electron chi connectivity index (χ2n) is 6.65. The zero-order valence-electron chi connectivity index (χ0n) is 14.7. The number of carbonyl (C=O) groups is 1. The highest BCUT2D eigenvalue weighted by molar-refractivity contribution is 5.94. The van der Waals surface area contributed by atoms with E-state index in [1.165, 1.54) is 12.1 Å². The number of aromatic nitrogens is 3. The van der Waals surface area contributed by atoms with Gasteiger partial charge in [0.05, 0.1) is 11.3 Å². The van der Waals surface area contributed by atoms with Crippen molar-refractivity contribution in [2.45, 2.75) is 18.9 Å². The topological polar surface area (TPSA) is 73.9 Å². The van der Waals surface area contributed by atoms with Crippen LogP contribution in [0.1, 0.15) is 23.2 Å². The molecule has 1 fully saturated rings. The van der Waals surface area contributed by atoms with Crippen molar-refractivity contribution in [2.24, 2.45) is 0 Å². The summed E-state index contributed by atoms with van der Waals surface area (Å²) in [6.45, 7) is 1.58. The molecule has 0 spiro atoms. The lowest BCUT2D eigenvalue weighted by Crippen LogP contribution is -2.48. The van der Waals surface area contributed by atoms with Crippen molar-refractivity contribution < 1.29 is 9.18 Å². The van der Waals surface area contributed by atoms with Crippen LogP contribution in [0.15, 0.2) is 54.9 Å². The van der Waals surface area contributed by atoms with E-state index in [4.69, 9.17) is 0 Å². The van der Waals surface area contributed by atoms with Crippen molar-refractivity contribution in [1.29, 1.82) is 0 Å². The van der Waals surface area contributed by atoms with Gasteiger partial charge in [-0.3, -0.25) is 14.9 Å². The van der Waals surface area contributed by atoms with Crippen LogP contribution in [0.3, 0.4) is 0 Å². The molecule has 1 amide bonds. The zero-order chi connectivity index (χ0) is 18.6. The van der Waals surface area contributed by atoms with Crippen molar-refractivity contribution in [2.75, 3.05) is 18.0 Å². The largest absolute Gasteiger partial charge is 0.353 e. The van der Waals surface area contributed by atoms with Crippen molar-refractivity contribution in [3.05, 3.63) is 66.2 Å². The van der Waals surface area contributed by atoms with Crippen LogP contribution in [-0.2, 0) is 0 Å². The summed E-state index contributed by atoms with van der Waals surface area (Å²) in [5, 5.41) is 10.5. The number of benzene rings is 1. The molecule has 1 unspecified atom stereocenters. The Morgan fingerprint density at radius 3 is 2.89 bits per heavy atom. The van der Waals surface area contributed by atoms with Crippen molar-refractivity contribution >= 4 is 11.7 Å². The number of hydrogen-bond acceptors (Lipinski definition) is 4. The number of anilines is 1. The SMILES string of the molecule is O=C(NC1CCCN(c2cc(-c3ccc(F)cc3)[nH]n2)C1)c1cccnc1. The molecule has 0 saturated carbocycles. The molecule has 1 saturated heterocycles. The van der Waals surface area contributed by atoms with Gasteiger partial charge in [0.15, 0.2) is 5.82 Å². The summed E-state index contributed by atoms with van der Waals surface area (Å²) in [4.78, 5) is 18.5. The third kappa shape index (κ3) is 3.97. The quantitative estimate of drug-likeness (QED) is 0.745. The minimum Gasteiger partial charge on any atom is -0.353 e. The summed E-state index contributed by atoms with van der Waals surface area (Å²) < 4.78 is 13.1. The predicted octanol–water partition coefficient (Wildman–Crippen LogP) is 3.01. The summed E-state index contributed by atoms with van der Waals surface area (Å²) in [7, 11) is 0. The maximum Gasteiger partial charge on any atom is 0.253 e. The van der Waals surface area contributed by atoms with Crippen LogP contribution in [0.5, 0.6) is 0 Å². The third-order valence-corrected chi connectivity index (χ3v) is 4.72. The average molecular weight is 365 g/mol. The normalized spacial score (nSPS) is 16.9. The van der Waals surface area contributed by atoms with Crippen LogP contribution >= 0.6 is 0 Å².